The molecule has 0 aliphatic carbocycles. The highest BCUT2D eigenvalue weighted by Gasteiger charge is 2.29. The zero-order valence-electron chi connectivity index (χ0n) is 14.4. The van der Waals surface area contributed by atoms with Crippen molar-refractivity contribution in [2.45, 2.75) is 51.6 Å². The molecule has 0 fully saturated rings. The predicted octanol–water partition coefficient (Wildman–Crippen LogP) is 6.25. The van der Waals surface area contributed by atoms with Gasteiger partial charge in [-0.15, -0.1) is 0 Å². The van der Waals surface area contributed by atoms with Gasteiger partial charge in [-0.05, 0) is 55.9 Å². The fourth-order valence-corrected chi connectivity index (χ4v) is 2.78. The van der Waals surface area contributed by atoms with E-state index >= 15 is 0 Å². The van der Waals surface area contributed by atoms with Crippen molar-refractivity contribution >= 4 is 5.78 Å². The molecule has 0 aliphatic rings. The van der Waals surface area contributed by atoms with Crippen LogP contribution in [0.2, 0.25) is 0 Å². The first-order valence-corrected chi connectivity index (χ1v) is 8.62. The molecule has 0 saturated heterocycles. The largest absolute Gasteiger partial charge is 0.416 e. The lowest BCUT2D eigenvalue weighted by Crippen LogP contribution is -2.04. The zero-order chi connectivity index (χ0) is 18.3. The van der Waals surface area contributed by atoms with Gasteiger partial charge >= 0.3 is 6.18 Å². The van der Waals surface area contributed by atoms with Crippen LogP contribution in [0.15, 0.2) is 48.5 Å². The van der Waals surface area contributed by atoms with Gasteiger partial charge in [0.1, 0.15) is 0 Å². The molecule has 2 rings (SSSR count). The molecule has 0 radical (unpaired) electrons. The number of halogens is 3. The number of benzene rings is 2. The third-order valence-corrected chi connectivity index (χ3v) is 4.32. The number of carbonyl (C=O) groups is 1. The van der Waals surface area contributed by atoms with Crippen LogP contribution in [-0.4, -0.2) is 5.78 Å². The fourth-order valence-electron chi connectivity index (χ4n) is 2.78. The van der Waals surface area contributed by atoms with E-state index in [2.05, 4.69) is 0 Å². The molecule has 0 heterocycles. The van der Waals surface area contributed by atoms with Crippen molar-refractivity contribution in [1.82, 2.24) is 0 Å². The van der Waals surface area contributed by atoms with Crippen LogP contribution in [0, 0.1) is 0 Å². The maximum Gasteiger partial charge on any atom is 0.416 e. The van der Waals surface area contributed by atoms with Crippen molar-refractivity contribution in [3.8, 4) is 0 Å². The van der Waals surface area contributed by atoms with Crippen molar-refractivity contribution < 1.29 is 18.0 Å². The van der Waals surface area contributed by atoms with Crippen molar-refractivity contribution in [2.24, 2.45) is 0 Å². The molecular formula is C21H23F3O. The number of aryl methyl sites for hydroxylation is 2. The Labute approximate surface area is 146 Å². The summed E-state index contributed by atoms with van der Waals surface area (Å²) in [7, 11) is 0. The molecule has 0 unspecified atom stereocenters. The molecule has 0 aliphatic heterocycles. The Kier molecular flexibility index (Phi) is 6.80. The van der Waals surface area contributed by atoms with Crippen molar-refractivity contribution in [3.63, 3.8) is 0 Å². The highest BCUT2D eigenvalue weighted by atomic mass is 19.4. The Morgan fingerprint density at radius 2 is 1.20 bits per heavy atom. The number of ketones is 1. The highest BCUT2D eigenvalue weighted by Crippen LogP contribution is 2.29. The molecule has 2 aromatic carbocycles. The Morgan fingerprint density at radius 3 is 1.60 bits per heavy atom. The number of carbonyl (C=O) groups excluding carboxylic acids is 1. The average Bonchev–Trinajstić information content (AvgIpc) is 2.58. The molecule has 0 bridgehead atoms. The Balaban J connectivity index is 1.64. The van der Waals surface area contributed by atoms with Gasteiger partial charge in [-0.2, -0.15) is 13.2 Å². The lowest BCUT2D eigenvalue weighted by molar-refractivity contribution is -0.137. The van der Waals surface area contributed by atoms with Gasteiger partial charge in [0.05, 0.1) is 5.56 Å². The summed E-state index contributed by atoms with van der Waals surface area (Å²) in [4.78, 5) is 11.2. The Hall–Kier alpha value is -2.10. The third-order valence-electron chi connectivity index (χ3n) is 4.32. The van der Waals surface area contributed by atoms with E-state index in [1.807, 2.05) is 24.3 Å². The maximum atomic E-state index is 12.5. The second-order valence-electron chi connectivity index (χ2n) is 6.36. The highest BCUT2D eigenvalue weighted by molar-refractivity contribution is 5.93. The lowest BCUT2D eigenvalue weighted by atomic mass is 10.0. The molecule has 0 amide bonds. The SMILES string of the molecule is CC(=O)c1ccc(CCCCCCc2ccc(C(F)(F)F)cc2)cc1. The van der Waals surface area contributed by atoms with Crippen LogP contribution in [0.5, 0.6) is 0 Å². The molecule has 0 atom stereocenters. The number of hydrogen-bond donors (Lipinski definition) is 0. The molecule has 0 N–H and O–H groups in total. The summed E-state index contributed by atoms with van der Waals surface area (Å²) in [5.41, 5.74) is 2.33. The molecule has 4 heteroatoms. The van der Waals surface area contributed by atoms with Gasteiger partial charge in [0.25, 0.3) is 0 Å². The van der Waals surface area contributed by atoms with Gasteiger partial charge in [-0.25, -0.2) is 0 Å². The van der Waals surface area contributed by atoms with Gasteiger partial charge in [0.15, 0.2) is 5.78 Å². The van der Waals surface area contributed by atoms with Crippen molar-refractivity contribution in [1.29, 1.82) is 0 Å². The topological polar surface area (TPSA) is 17.1 Å². The van der Waals surface area contributed by atoms with Crippen LogP contribution in [0.3, 0.4) is 0 Å². The van der Waals surface area contributed by atoms with E-state index in [0.29, 0.717) is 0 Å². The summed E-state index contributed by atoms with van der Waals surface area (Å²) in [6.45, 7) is 1.56. The first-order valence-electron chi connectivity index (χ1n) is 8.62. The molecule has 0 aromatic heterocycles. The van der Waals surface area contributed by atoms with Gasteiger partial charge in [-0.3, -0.25) is 4.79 Å². The summed E-state index contributed by atoms with van der Waals surface area (Å²) >= 11 is 0. The summed E-state index contributed by atoms with van der Waals surface area (Å²) in [6.07, 6.45) is 1.74. The zero-order valence-corrected chi connectivity index (χ0v) is 14.4. The molecular weight excluding hydrogens is 325 g/mol. The summed E-state index contributed by atoms with van der Waals surface area (Å²) in [6, 6.07) is 13.2. The number of alkyl halides is 3. The van der Waals surface area contributed by atoms with E-state index in [1.54, 1.807) is 19.1 Å². The van der Waals surface area contributed by atoms with E-state index in [4.69, 9.17) is 0 Å². The quantitative estimate of drug-likeness (QED) is 0.407. The molecule has 1 nitrogen and oxygen atoms in total. The molecule has 0 saturated carbocycles. The summed E-state index contributed by atoms with van der Waals surface area (Å²) < 4.78 is 37.5. The van der Waals surface area contributed by atoms with E-state index in [-0.39, 0.29) is 5.78 Å². The fraction of sp³-hybridized carbons (Fsp3) is 0.381. The Bertz CT molecular complexity index is 670. The minimum Gasteiger partial charge on any atom is -0.295 e. The maximum absolute atomic E-state index is 12.5. The van der Waals surface area contributed by atoms with E-state index in [9.17, 15) is 18.0 Å². The second kappa shape index (κ2) is 8.84. The first-order chi connectivity index (χ1) is 11.9. The molecule has 0 spiro atoms. The van der Waals surface area contributed by atoms with E-state index in [1.165, 1.54) is 5.56 Å². The van der Waals surface area contributed by atoms with Crippen LogP contribution < -0.4 is 0 Å². The van der Waals surface area contributed by atoms with Crippen molar-refractivity contribution in [2.75, 3.05) is 0 Å². The van der Waals surface area contributed by atoms with Crippen LogP contribution in [0.1, 0.15) is 59.7 Å². The molecule has 134 valence electrons. The van der Waals surface area contributed by atoms with Crippen LogP contribution in [0.25, 0.3) is 0 Å². The van der Waals surface area contributed by atoms with Gasteiger partial charge in [-0.1, -0.05) is 49.2 Å². The summed E-state index contributed by atoms with van der Waals surface area (Å²) in [5, 5.41) is 0. The minimum absolute atomic E-state index is 0.0785. The van der Waals surface area contributed by atoms with Gasteiger partial charge in [0, 0.05) is 5.56 Å². The third kappa shape index (κ3) is 6.37. The number of Topliss-reactive ketones (excluding diaryl/α,β-unsaturated/α-hetero) is 1. The van der Waals surface area contributed by atoms with Crippen LogP contribution >= 0.6 is 0 Å². The van der Waals surface area contributed by atoms with Crippen LogP contribution in [0.4, 0.5) is 13.2 Å². The minimum atomic E-state index is -4.26. The standard InChI is InChI=1S/C21H23F3O/c1-16(25)19-12-8-17(9-13-19)6-4-2-3-5-7-18-10-14-20(15-11-18)21(22,23)24/h8-15H,2-7H2,1H3. The monoisotopic (exact) mass is 348 g/mol. The predicted molar refractivity (Wildman–Crippen MR) is 93.8 cm³/mol. The summed E-state index contributed by atoms with van der Waals surface area (Å²) in [5.74, 6) is 0.0785. The molecule has 2 aromatic rings. The smallest absolute Gasteiger partial charge is 0.295 e. The lowest BCUT2D eigenvalue weighted by Gasteiger charge is -2.07. The van der Waals surface area contributed by atoms with E-state index in [0.717, 1.165) is 61.8 Å². The normalized spacial score (nSPS) is 11.5. The average molecular weight is 348 g/mol. The first kappa shape index (κ1) is 19.2. The van der Waals surface area contributed by atoms with Crippen molar-refractivity contribution in [3.05, 3.63) is 70.8 Å². The number of rotatable bonds is 8. The van der Waals surface area contributed by atoms with E-state index < -0.39 is 11.7 Å². The van der Waals surface area contributed by atoms with Gasteiger partial charge < -0.3 is 0 Å². The molecule has 25 heavy (non-hydrogen) atoms. The number of unbranched alkanes of at least 4 members (excludes halogenated alkanes) is 3. The second-order valence-corrected chi connectivity index (χ2v) is 6.36. The van der Waals surface area contributed by atoms with Gasteiger partial charge in [0.2, 0.25) is 0 Å². The Morgan fingerprint density at radius 1 is 0.760 bits per heavy atom. The number of hydrogen-bond acceptors (Lipinski definition) is 1. The van der Waals surface area contributed by atoms with Crippen LogP contribution in [-0.2, 0) is 19.0 Å².